The van der Waals surface area contributed by atoms with Crippen molar-refractivity contribution in [3.63, 3.8) is 0 Å². The summed E-state index contributed by atoms with van der Waals surface area (Å²) in [5.74, 6) is 0.807. The van der Waals surface area contributed by atoms with Gasteiger partial charge >= 0.3 is 0 Å². The number of fused-ring (bicyclic) bond motifs is 1. The van der Waals surface area contributed by atoms with Crippen molar-refractivity contribution in [1.82, 2.24) is 4.31 Å². The van der Waals surface area contributed by atoms with E-state index in [0.29, 0.717) is 36.8 Å². The zero-order valence-corrected chi connectivity index (χ0v) is 13.6. The minimum Gasteiger partial charge on any atom is -0.493 e. The highest BCUT2D eigenvalue weighted by atomic mass is 32.2. The second-order valence-electron chi connectivity index (χ2n) is 5.12. The molecular weight excluding hydrogens is 310 g/mol. The number of hydrogen-bond acceptors (Lipinski definition) is 6. The van der Waals surface area contributed by atoms with Crippen molar-refractivity contribution in [1.29, 1.82) is 0 Å². The number of ether oxygens (including phenoxy) is 4. The minimum absolute atomic E-state index is 0.109. The van der Waals surface area contributed by atoms with Crippen molar-refractivity contribution in [3.8, 4) is 11.5 Å². The number of hydrogen-bond donors (Lipinski definition) is 0. The predicted octanol–water partition coefficient (Wildman–Crippen LogP) is 1.49. The third-order valence-electron chi connectivity index (χ3n) is 3.61. The first-order valence-electron chi connectivity index (χ1n) is 7.14. The van der Waals surface area contributed by atoms with Gasteiger partial charge in [0.25, 0.3) is 0 Å². The first-order valence-corrected chi connectivity index (χ1v) is 8.58. The van der Waals surface area contributed by atoms with Crippen LogP contribution >= 0.6 is 0 Å². The molecule has 2 heterocycles. The van der Waals surface area contributed by atoms with Gasteiger partial charge in [0.1, 0.15) is 23.0 Å². The quantitative estimate of drug-likeness (QED) is 0.836. The minimum atomic E-state index is -3.60. The number of nitrogens with zero attached hydrogens (tertiary/aromatic N) is 1. The average molecular weight is 329 g/mol. The molecule has 0 aliphatic carbocycles. The van der Waals surface area contributed by atoms with Gasteiger partial charge in [-0.1, -0.05) is 0 Å². The fraction of sp³-hybridized carbons (Fsp3) is 0.571. The summed E-state index contributed by atoms with van der Waals surface area (Å²) in [5, 5.41) is 0. The van der Waals surface area contributed by atoms with Crippen molar-refractivity contribution in [2.45, 2.75) is 31.3 Å². The van der Waals surface area contributed by atoms with E-state index in [1.165, 1.54) is 17.4 Å². The smallest absolute Gasteiger partial charge is 0.246 e. The third kappa shape index (κ3) is 2.56. The van der Waals surface area contributed by atoms with E-state index < -0.39 is 16.3 Å². The van der Waals surface area contributed by atoms with Gasteiger partial charge in [0.15, 0.2) is 12.6 Å². The van der Waals surface area contributed by atoms with Gasteiger partial charge in [0.2, 0.25) is 10.0 Å². The lowest BCUT2D eigenvalue weighted by Gasteiger charge is -2.35. The van der Waals surface area contributed by atoms with Crippen molar-refractivity contribution in [3.05, 3.63) is 17.7 Å². The molecule has 1 fully saturated rings. The molecule has 22 heavy (non-hydrogen) atoms. The van der Waals surface area contributed by atoms with E-state index in [4.69, 9.17) is 18.9 Å². The van der Waals surface area contributed by atoms with E-state index in [0.717, 1.165) is 0 Å². The number of likely N-dealkylation sites (N-methyl/N-ethyl adjacent to an activating group) is 1. The number of rotatable bonds is 3. The van der Waals surface area contributed by atoms with Gasteiger partial charge in [-0.25, -0.2) is 8.42 Å². The third-order valence-corrected chi connectivity index (χ3v) is 5.49. The Kier molecular flexibility index (Phi) is 4.02. The zero-order valence-electron chi connectivity index (χ0n) is 12.7. The van der Waals surface area contributed by atoms with Crippen molar-refractivity contribution in [2.75, 3.05) is 26.8 Å². The summed E-state index contributed by atoms with van der Waals surface area (Å²) in [6.07, 6.45) is -0.931. The topological polar surface area (TPSA) is 74.3 Å². The van der Waals surface area contributed by atoms with Crippen LogP contribution in [0.4, 0.5) is 0 Å². The zero-order chi connectivity index (χ0) is 15.9. The monoisotopic (exact) mass is 329 g/mol. The van der Waals surface area contributed by atoms with E-state index >= 15 is 0 Å². The Bertz CT molecular complexity index is 668. The molecule has 1 saturated heterocycles. The van der Waals surface area contributed by atoms with E-state index in [-0.39, 0.29) is 11.2 Å². The molecule has 2 aliphatic heterocycles. The molecule has 2 aliphatic rings. The van der Waals surface area contributed by atoms with Crippen LogP contribution in [0.25, 0.3) is 0 Å². The number of sulfonamides is 1. The molecule has 0 N–H and O–H groups in total. The maximum absolute atomic E-state index is 12.6. The van der Waals surface area contributed by atoms with Gasteiger partial charge in [-0.15, -0.1) is 0 Å². The Morgan fingerprint density at radius 2 is 2.09 bits per heavy atom. The lowest BCUT2D eigenvalue weighted by atomic mass is 10.1. The Hall–Kier alpha value is -1.35. The van der Waals surface area contributed by atoms with Gasteiger partial charge in [-0.3, -0.25) is 0 Å². The Balaban J connectivity index is 2.10. The van der Waals surface area contributed by atoms with Crippen molar-refractivity contribution < 1.29 is 27.4 Å². The molecule has 0 amide bonds. The van der Waals surface area contributed by atoms with E-state index in [1.54, 1.807) is 13.0 Å². The standard InChI is InChI=1S/C14H19NO6S/c1-4-18-11-8-12-13(7-10(11)14-20-9(2)21-14)22(16,17)15(3)5-6-19-12/h7-9,14H,4-6H2,1-3H3. The van der Waals surface area contributed by atoms with E-state index in [1.807, 2.05) is 6.92 Å². The second-order valence-corrected chi connectivity index (χ2v) is 7.13. The molecule has 0 atom stereocenters. The van der Waals surface area contributed by atoms with Crippen LogP contribution in [-0.4, -0.2) is 45.8 Å². The summed E-state index contributed by atoms with van der Waals surface area (Å²) in [4.78, 5) is 0.109. The van der Waals surface area contributed by atoms with Gasteiger partial charge in [-0.2, -0.15) is 4.31 Å². The Morgan fingerprint density at radius 3 is 2.73 bits per heavy atom. The van der Waals surface area contributed by atoms with Crippen LogP contribution in [0, 0.1) is 0 Å². The molecular formula is C14H19NO6S. The molecule has 0 aromatic heterocycles. The van der Waals surface area contributed by atoms with Gasteiger partial charge in [0, 0.05) is 19.7 Å². The molecule has 1 aromatic carbocycles. The molecule has 1 aromatic rings. The molecule has 7 nitrogen and oxygen atoms in total. The summed E-state index contributed by atoms with van der Waals surface area (Å²) in [7, 11) is -2.07. The van der Waals surface area contributed by atoms with Crippen molar-refractivity contribution in [2.24, 2.45) is 0 Å². The highest BCUT2D eigenvalue weighted by Gasteiger charge is 2.35. The molecule has 8 heteroatoms. The van der Waals surface area contributed by atoms with Crippen LogP contribution in [-0.2, 0) is 19.5 Å². The molecule has 0 spiro atoms. The molecule has 122 valence electrons. The lowest BCUT2D eigenvalue weighted by molar-refractivity contribution is -0.382. The lowest BCUT2D eigenvalue weighted by Crippen LogP contribution is -2.32. The van der Waals surface area contributed by atoms with Crippen LogP contribution in [0.1, 0.15) is 25.7 Å². The first-order chi connectivity index (χ1) is 10.4. The van der Waals surface area contributed by atoms with Crippen molar-refractivity contribution >= 4 is 10.0 Å². The van der Waals surface area contributed by atoms with Crippen LogP contribution in [0.2, 0.25) is 0 Å². The average Bonchev–Trinajstić information content (AvgIpc) is 2.54. The van der Waals surface area contributed by atoms with Gasteiger partial charge in [-0.05, 0) is 19.9 Å². The first kappa shape index (κ1) is 15.5. The molecule has 0 radical (unpaired) electrons. The summed E-state index contributed by atoms with van der Waals surface area (Å²) >= 11 is 0. The number of benzene rings is 1. The summed E-state index contributed by atoms with van der Waals surface area (Å²) in [5.41, 5.74) is 0.557. The Morgan fingerprint density at radius 1 is 1.36 bits per heavy atom. The summed E-state index contributed by atoms with van der Waals surface area (Å²) in [6.45, 7) is 4.66. The van der Waals surface area contributed by atoms with Crippen LogP contribution in [0.3, 0.4) is 0 Å². The molecule has 0 bridgehead atoms. The Labute approximate surface area is 129 Å². The summed E-state index contributed by atoms with van der Waals surface area (Å²) < 4.78 is 48.5. The fourth-order valence-corrected chi connectivity index (χ4v) is 3.71. The van der Waals surface area contributed by atoms with Crippen LogP contribution < -0.4 is 9.47 Å². The second kappa shape index (κ2) is 5.69. The molecule has 0 unspecified atom stereocenters. The SMILES string of the molecule is CCOc1cc2c(cc1C1OC(C)O1)S(=O)(=O)N(C)CCO2. The molecule has 0 saturated carbocycles. The van der Waals surface area contributed by atoms with Gasteiger partial charge in [0.05, 0.1) is 12.2 Å². The van der Waals surface area contributed by atoms with Crippen LogP contribution in [0.5, 0.6) is 11.5 Å². The highest BCUT2D eigenvalue weighted by Crippen LogP contribution is 2.42. The van der Waals surface area contributed by atoms with E-state index in [2.05, 4.69) is 0 Å². The largest absolute Gasteiger partial charge is 0.493 e. The highest BCUT2D eigenvalue weighted by molar-refractivity contribution is 7.89. The maximum Gasteiger partial charge on any atom is 0.246 e. The molecule has 3 rings (SSSR count). The summed E-state index contributed by atoms with van der Waals surface area (Å²) in [6, 6.07) is 3.12. The fourth-order valence-electron chi connectivity index (χ4n) is 2.41. The maximum atomic E-state index is 12.6. The van der Waals surface area contributed by atoms with Crippen LogP contribution in [0.15, 0.2) is 17.0 Å². The predicted molar refractivity (Wildman–Crippen MR) is 77.3 cm³/mol. The van der Waals surface area contributed by atoms with Gasteiger partial charge < -0.3 is 18.9 Å². The van der Waals surface area contributed by atoms with E-state index in [9.17, 15) is 8.42 Å². The normalized spacial score (nSPS) is 27.2.